The largest absolute Gasteiger partial charge is 0.508 e. The van der Waals surface area contributed by atoms with Crippen LogP contribution in [0.4, 0.5) is 0 Å². The molecule has 1 aliphatic heterocycles. The van der Waals surface area contributed by atoms with Crippen LogP contribution >= 0.6 is 24.0 Å². The van der Waals surface area contributed by atoms with Gasteiger partial charge in [0.2, 0.25) is 0 Å². The molecule has 0 saturated heterocycles. The van der Waals surface area contributed by atoms with Gasteiger partial charge in [0, 0.05) is 19.0 Å². The molecule has 136 valence electrons. The van der Waals surface area contributed by atoms with E-state index < -0.39 is 0 Å². The molecule has 0 bridgehead atoms. The van der Waals surface area contributed by atoms with Crippen LogP contribution in [0.5, 0.6) is 5.75 Å². The van der Waals surface area contributed by atoms with Crippen LogP contribution in [0.2, 0.25) is 0 Å². The Kier molecular flexibility index (Phi) is 7.03. The number of aromatic nitrogens is 3. The van der Waals surface area contributed by atoms with Crippen molar-refractivity contribution < 1.29 is 5.11 Å². The monoisotopic (exact) mass is 456 g/mol. The average Bonchev–Trinajstić information content (AvgIpc) is 2.93. The summed E-state index contributed by atoms with van der Waals surface area (Å²) in [5, 5.41) is 20.6. The van der Waals surface area contributed by atoms with E-state index in [1.54, 1.807) is 12.1 Å². The molecule has 0 saturated carbocycles. The highest BCUT2D eigenvalue weighted by atomic mass is 127. The molecule has 0 spiro atoms. The number of phenolic OH excluding ortho intramolecular Hbond substituents is 1. The second-order valence-corrected chi connectivity index (χ2v) is 6.00. The van der Waals surface area contributed by atoms with Crippen LogP contribution in [0.1, 0.15) is 30.6 Å². The van der Waals surface area contributed by atoms with E-state index in [-0.39, 0.29) is 35.8 Å². The lowest BCUT2D eigenvalue weighted by Crippen LogP contribution is -2.47. The van der Waals surface area contributed by atoms with E-state index in [1.165, 1.54) is 0 Å². The van der Waals surface area contributed by atoms with E-state index in [0.29, 0.717) is 6.54 Å². The molecule has 0 amide bonds. The van der Waals surface area contributed by atoms with Crippen LogP contribution in [0, 0.1) is 6.92 Å². The smallest absolute Gasteiger partial charge is 0.191 e. The number of aryl methyl sites for hydroxylation is 2. The number of nitrogens with one attached hydrogen (secondary N) is 2. The Balaban J connectivity index is 0.00000225. The van der Waals surface area contributed by atoms with Gasteiger partial charge in [0.15, 0.2) is 5.96 Å². The van der Waals surface area contributed by atoms with E-state index in [2.05, 4.69) is 32.6 Å². The van der Waals surface area contributed by atoms with Crippen LogP contribution in [0.3, 0.4) is 0 Å². The van der Waals surface area contributed by atoms with E-state index >= 15 is 0 Å². The number of aliphatic imine (C=N–C) groups is 1. The maximum atomic E-state index is 9.34. The predicted octanol–water partition coefficient (Wildman–Crippen LogP) is 1.98. The van der Waals surface area contributed by atoms with Crippen LogP contribution in [0.15, 0.2) is 29.3 Å². The molecule has 25 heavy (non-hydrogen) atoms. The molecule has 1 aromatic heterocycles. The van der Waals surface area contributed by atoms with E-state index in [1.807, 2.05) is 23.7 Å². The highest BCUT2D eigenvalue weighted by Crippen LogP contribution is 2.13. The number of phenols is 1. The molecule has 0 radical (unpaired) electrons. The molecule has 1 aromatic carbocycles. The Labute approximate surface area is 165 Å². The first-order chi connectivity index (χ1) is 11.6. The summed E-state index contributed by atoms with van der Waals surface area (Å²) in [6.07, 6.45) is 1.94. The SMILES string of the molecule is CCNC(=NCc1ccc(O)cc1)NC1CCc2nc(C)nn2C1.I. The van der Waals surface area contributed by atoms with Gasteiger partial charge < -0.3 is 15.7 Å². The number of rotatable bonds is 4. The second-order valence-electron chi connectivity index (χ2n) is 6.00. The minimum atomic E-state index is 0. The highest BCUT2D eigenvalue weighted by Gasteiger charge is 2.21. The third kappa shape index (κ3) is 5.32. The summed E-state index contributed by atoms with van der Waals surface area (Å²) in [5.41, 5.74) is 1.06. The van der Waals surface area contributed by atoms with Crippen molar-refractivity contribution in [2.24, 2.45) is 4.99 Å². The molecule has 2 heterocycles. The van der Waals surface area contributed by atoms with Gasteiger partial charge in [0.25, 0.3) is 0 Å². The Morgan fingerprint density at radius 3 is 2.84 bits per heavy atom. The Morgan fingerprint density at radius 2 is 2.12 bits per heavy atom. The Hall–Kier alpha value is -1.84. The predicted molar refractivity (Wildman–Crippen MR) is 108 cm³/mol. The van der Waals surface area contributed by atoms with Gasteiger partial charge in [-0.25, -0.2) is 14.7 Å². The van der Waals surface area contributed by atoms with Crippen molar-refractivity contribution in [1.29, 1.82) is 0 Å². The summed E-state index contributed by atoms with van der Waals surface area (Å²) in [6, 6.07) is 7.42. The molecule has 2 aromatic rings. The molecule has 1 atom stereocenters. The van der Waals surface area contributed by atoms with E-state index in [9.17, 15) is 5.11 Å². The third-order valence-electron chi connectivity index (χ3n) is 4.01. The van der Waals surface area contributed by atoms with E-state index in [0.717, 1.165) is 49.1 Å². The third-order valence-corrected chi connectivity index (χ3v) is 4.01. The van der Waals surface area contributed by atoms with Gasteiger partial charge in [-0.3, -0.25) is 0 Å². The number of aromatic hydroxyl groups is 1. The van der Waals surface area contributed by atoms with Crippen molar-refractivity contribution in [3.8, 4) is 5.75 Å². The van der Waals surface area contributed by atoms with Gasteiger partial charge in [0.05, 0.1) is 13.1 Å². The fourth-order valence-electron chi connectivity index (χ4n) is 2.84. The molecule has 1 aliphatic rings. The number of hydrogen-bond acceptors (Lipinski definition) is 4. The molecular weight excluding hydrogens is 431 g/mol. The zero-order valence-corrected chi connectivity index (χ0v) is 16.9. The molecule has 3 rings (SSSR count). The molecule has 0 fully saturated rings. The van der Waals surface area contributed by atoms with E-state index in [4.69, 9.17) is 0 Å². The van der Waals surface area contributed by atoms with Crippen LogP contribution in [-0.2, 0) is 19.5 Å². The molecule has 8 heteroatoms. The summed E-state index contributed by atoms with van der Waals surface area (Å²) in [5.74, 6) is 2.97. The van der Waals surface area contributed by atoms with Gasteiger partial charge >= 0.3 is 0 Å². The van der Waals surface area contributed by atoms with Crippen LogP contribution < -0.4 is 10.6 Å². The zero-order valence-electron chi connectivity index (χ0n) is 14.6. The molecule has 3 N–H and O–H groups in total. The number of benzene rings is 1. The minimum absolute atomic E-state index is 0. The normalized spacial score (nSPS) is 16.7. The van der Waals surface area contributed by atoms with Gasteiger partial charge in [-0.05, 0) is 38.0 Å². The average molecular weight is 456 g/mol. The number of guanidine groups is 1. The Morgan fingerprint density at radius 1 is 1.36 bits per heavy atom. The Bertz CT molecular complexity index is 712. The fraction of sp³-hybridized carbons (Fsp3) is 0.471. The van der Waals surface area contributed by atoms with Crippen LogP contribution in [0.25, 0.3) is 0 Å². The number of halogens is 1. The minimum Gasteiger partial charge on any atom is -0.508 e. The summed E-state index contributed by atoms with van der Waals surface area (Å²) in [4.78, 5) is 9.08. The second kappa shape index (κ2) is 9.02. The topological polar surface area (TPSA) is 87.4 Å². The highest BCUT2D eigenvalue weighted by molar-refractivity contribution is 14.0. The zero-order chi connectivity index (χ0) is 16.9. The first-order valence-electron chi connectivity index (χ1n) is 8.37. The quantitative estimate of drug-likeness (QED) is 0.372. The van der Waals surface area contributed by atoms with Crippen molar-refractivity contribution in [2.75, 3.05) is 6.54 Å². The maximum Gasteiger partial charge on any atom is 0.191 e. The number of fused-ring (bicyclic) bond motifs is 1. The summed E-state index contributed by atoms with van der Waals surface area (Å²) in [6.45, 7) is 6.16. The van der Waals surface area contributed by atoms with Crippen molar-refractivity contribution in [1.82, 2.24) is 25.4 Å². The van der Waals surface area contributed by atoms with Crippen molar-refractivity contribution >= 4 is 29.9 Å². The molecular formula is C17H25IN6O. The van der Waals surface area contributed by atoms with Crippen molar-refractivity contribution in [3.63, 3.8) is 0 Å². The standard InChI is InChI=1S/C17H24N6O.HI/c1-3-18-17(19-10-13-4-7-15(24)8-5-13)21-14-6-9-16-20-12(2)22-23(16)11-14;/h4-5,7-8,14,24H,3,6,9-11H2,1-2H3,(H2,18,19,21);1H. The molecule has 7 nitrogen and oxygen atoms in total. The lowest BCUT2D eigenvalue weighted by Gasteiger charge is -2.25. The first-order valence-corrected chi connectivity index (χ1v) is 8.37. The first kappa shape index (κ1) is 19.5. The summed E-state index contributed by atoms with van der Waals surface area (Å²) in [7, 11) is 0. The number of nitrogens with zero attached hydrogens (tertiary/aromatic N) is 4. The summed E-state index contributed by atoms with van der Waals surface area (Å²) < 4.78 is 1.99. The van der Waals surface area contributed by atoms with Gasteiger partial charge in [0.1, 0.15) is 17.4 Å². The van der Waals surface area contributed by atoms with Crippen molar-refractivity contribution in [3.05, 3.63) is 41.5 Å². The lowest BCUT2D eigenvalue weighted by molar-refractivity contribution is 0.392. The molecule has 1 unspecified atom stereocenters. The summed E-state index contributed by atoms with van der Waals surface area (Å²) >= 11 is 0. The van der Waals surface area contributed by atoms with Gasteiger partial charge in [-0.15, -0.1) is 24.0 Å². The number of hydrogen-bond donors (Lipinski definition) is 3. The fourth-order valence-corrected chi connectivity index (χ4v) is 2.84. The van der Waals surface area contributed by atoms with Crippen molar-refractivity contribution in [2.45, 2.75) is 45.8 Å². The van der Waals surface area contributed by atoms with Gasteiger partial charge in [-0.1, -0.05) is 12.1 Å². The lowest BCUT2D eigenvalue weighted by atomic mass is 10.1. The molecule has 0 aliphatic carbocycles. The van der Waals surface area contributed by atoms with Crippen LogP contribution in [-0.4, -0.2) is 38.4 Å². The maximum absolute atomic E-state index is 9.34. The van der Waals surface area contributed by atoms with Gasteiger partial charge in [-0.2, -0.15) is 5.10 Å².